The van der Waals surface area contributed by atoms with E-state index in [1.807, 2.05) is 13.1 Å². The number of quaternary nitrogens is 1. The van der Waals surface area contributed by atoms with Crippen LogP contribution >= 0.6 is 0 Å². The normalized spacial score (nSPS) is 23.9. The second-order valence-corrected chi connectivity index (χ2v) is 9.61. The van der Waals surface area contributed by atoms with Gasteiger partial charge in [0.25, 0.3) is 5.84 Å². The predicted octanol–water partition coefficient (Wildman–Crippen LogP) is 5.59. The Bertz CT molecular complexity index is 1110. The number of aromatic nitrogens is 1. The van der Waals surface area contributed by atoms with Crippen LogP contribution in [0.2, 0.25) is 0 Å². The Morgan fingerprint density at radius 2 is 2.03 bits per heavy atom. The monoisotopic (exact) mass is 445 g/mol. The molecule has 0 amide bonds. The minimum atomic E-state index is 0.198. The summed E-state index contributed by atoms with van der Waals surface area (Å²) >= 11 is 0. The van der Waals surface area contributed by atoms with Gasteiger partial charge in [0, 0.05) is 17.8 Å². The first-order valence-electron chi connectivity index (χ1n) is 12.1. The largest absolute Gasteiger partial charge is 0.491 e. The maximum absolute atomic E-state index is 6.40. The van der Waals surface area contributed by atoms with Crippen LogP contribution in [0.5, 0.6) is 5.75 Å². The van der Waals surface area contributed by atoms with E-state index in [2.05, 4.69) is 81.0 Å². The zero-order valence-electron chi connectivity index (χ0n) is 20.5. The minimum absolute atomic E-state index is 0.198. The average molecular weight is 446 g/mol. The third-order valence-electron chi connectivity index (χ3n) is 6.89. The van der Waals surface area contributed by atoms with Crippen LogP contribution in [0.1, 0.15) is 45.2 Å². The third kappa shape index (κ3) is 4.94. The quantitative estimate of drug-likeness (QED) is 0.358. The van der Waals surface area contributed by atoms with Gasteiger partial charge in [0.05, 0.1) is 13.7 Å². The number of likely N-dealkylation sites (N-methyl/N-ethyl adjacent to an activating group) is 1. The van der Waals surface area contributed by atoms with Gasteiger partial charge in [-0.05, 0) is 62.7 Å². The van der Waals surface area contributed by atoms with Crippen LogP contribution in [-0.4, -0.2) is 49.1 Å². The van der Waals surface area contributed by atoms with Crippen LogP contribution in [0.15, 0.2) is 71.5 Å². The smallest absolute Gasteiger partial charge is 0.258 e. The molecule has 0 saturated carbocycles. The maximum Gasteiger partial charge on any atom is 0.258 e. The second kappa shape index (κ2) is 10.0. The molecule has 1 atom stereocenters. The highest BCUT2D eigenvalue weighted by Gasteiger charge is 2.34. The molecule has 1 N–H and O–H groups in total. The average Bonchev–Trinajstić information content (AvgIpc) is 2.83. The number of pyridine rings is 1. The standard InChI is InChI=1S/C28H37N4O/c1-5-6-11-23-12-7-8-20-32(23,4)27(29-3)24-15-14-22-10-9-13-25(26(22)31-24)33-21-28(2)16-18-30-19-17-28/h7-15,20,30H,5-6,16-19,21H2,1-4H3/q+1. The van der Waals surface area contributed by atoms with Gasteiger partial charge in [-0.3, -0.25) is 0 Å². The molecule has 2 aromatic rings. The fourth-order valence-corrected chi connectivity index (χ4v) is 4.71. The Balaban J connectivity index is 1.68. The Morgan fingerprint density at radius 1 is 1.21 bits per heavy atom. The van der Waals surface area contributed by atoms with Crippen molar-refractivity contribution in [3.05, 3.63) is 72.2 Å². The highest BCUT2D eigenvalue weighted by atomic mass is 16.5. The summed E-state index contributed by atoms with van der Waals surface area (Å²) in [5.74, 6) is 1.77. The van der Waals surface area contributed by atoms with E-state index in [1.54, 1.807) is 0 Å². The molecule has 174 valence electrons. The van der Waals surface area contributed by atoms with E-state index in [0.29, 0.717) is 11.1 Å². The van der Waals surface area contributed by atoms with Crippen LogP contribution in [0.4, 0.5) is 0 Å². The third-order valence-corrected chi connectivity index (χ3v) is 6.89. The fraction of sp³-hybridized carbons (Fsp3) is 0.429. The number of hydrogen-bond acceptors (Lipinski definition) is 4. The Labute approximate surface area is 198 Å². The number of aliphatic imine (C=N–C) groups is 1. The van der Waals surface area contributed by atoms with Crippen molar-refractivity contribution in [2.75, 3.05) is 33.8 Å². The summed E-state index contributed by atoms with van der Waals surface area (Å²) in [5.41, 5.74) is 3.18. The molecule has 1 unspecified atom stereocenters. The number of rotatable bonds is 6. The topological polar surface area (TPSA) is 46.5 Å². The van der Waals surface area contributed by atoms with Crippen LogP contribution in [0, 0.1) is 5.41 Å². The lowest BCUT2D eigenvalue weighted by molar-refractivity contribution is -0.719. The number of piperidine rings is 1. The van der Waals surface area contributed by atoms with Crippen molar-refractivity contribution in [3.63, 3.8) is 0 Å². The van der Waals surface area contributed by atoms with Gasteiger partial charge in [0.15, 0.2) is 0 Å². The van der Waals surface area contributed by atoms with E-state index >= 15 is 0 Å². The zero-order chi connectivity index (χ0) is 23.3. The van der Waals surface area contributed by atoms with E-state index in [0.717, 1.165) is 67.0 Å². The van der Waals surface area contributed by atoms with Crippen LogP contribution < -0.4 is 10.1 Å². The minimum Gasteiger partial charge on any atom is -0.491 e. The highest BCUT2D eigenvalue weighted by Crippen LogP contribution is 2.32. The van der Waals surface area contributed by atoms with Gasteiger partial charge in [0.2, 0.25) is 0 Å². The molecule has 2 aliphatic rings. The van der Waals surface area contributed by atoms with Crippen LogP contribution in [0.25, 0.3) is 10.9 Å². The van der Waals surface area contributed by atoms with Crippen molar-refractivity contribution < 1.29 is 9.22 Å². The lowest BCUT2D eigenvalue weighted by atomic mass is 9.82. The molecule has 0 bridgehead atoms. The number of fused-ring (bicyclic) bond motifs is 1. The number of ether oxygens (including phenoxy) is 1. The first-order chi connectivity index (χ1) is 16.0. The van der Waals surface area contributed by atoms with Gasteiger partial charge in [0.1, 0.15) is 28.9 Å². The summed E-state index contributed by atoms with van der Waals surface area (Å²) < 4.78 is 6.90. The number of nitrogens with zero attached hydrogens (tertiary/aromatic N) is 3. The first kappa shape index (κ1) is 23.4. The van der Waals surface area contributed by atoms with Crippen LogP contribution in [0.3, 0.4) is 0 Å². The SMILES string of the molecule is CCCC=C1C=CC=C[N+]1(C)C(=NC)c1ccc2cccc(OCC3(C)CCNCC3)c2n1. The molecule has 4 rings (SSSR count). The van der Waals surface area contributed by atoms with Crippen molar-refractivity contribution in [2.24, 2.45) is 10.4 Å². The molecule has 0 spiro atoms. The molecule has 0 radical (unpaired) electrons. The summed E-state index contributed by atoms with van der Waals surface area (Å²) in [6.07, 6.45) is 15.3. The molecular weight excluding hydrogens is 408 g/mol. The summed E-state index contributed by atoms with van der Waals surface area (Å²) in [6.45, 7) is 7.35. The molecular formula is C28H37N4O+. The van der Waals surface area contributed by atoms with E-state index in [-0.39, 0.29) is 5.41 Å². The van der Waals surface area contributed by atoms with Gasteiger partial charge in [-0.25, -0.2) is 14.5 Å². The Morgan fingerprint density at radius 3 is 2.79 bits per heavy atom. The van der Waals surface area contributed by atoms with Gasteiger partial charge in [-0.15, -0.1) is 0 Å². The Hall–Kier alpha value is -2.76. The number of allylic oxidation sites excluding steroid dienone is 4. The summed E-state index contributed by atoms with van der Waals surface area (Å²) in [5, 5.41) is 4.53. The molecule has 0 aliphatic carbocycles. The molecule has 3 heterocycles. The van der Waals surface area contributed by atoms with Gasteiger partial charge >= 0.3 is 0 Å². The van der Waals surface area contributed by atoms with Gasteiger partial charge in [-0.2, -0.15) is 0 Å². The van der Waals surface area contributed by atoms with Gasteiger partial charge in [-0.1, -0.05) is 44.5 Å². The molecule has 1 aromatic heterocycles. The highest BCUT2D eigenvalue weighted by molar-refractivity contribution is 5.96. The number of para-hydroxylation sites is 1. The molecule has 1 saturated heterocycles. The lowest BCUT2D eigenvalue weighted by Gasteiger charge is -2.33. The number of nitrogens with one attached hydrogen (secondary N) is 1. The van der Waals surface area contributed by atoms with Gasteiger partial charge < -0.3 is 10.1 Å². The van der Waals surface area contributed by atoms with Crippen molar-refractivity contribution in [1.82, 2.24) is 10.3 Å². The number of amidine groups is 1. The number of benzene rings is 1. The predicted molar refractivity (Wildman–Crippen MR) is 137 cm³/mol. The Kier molecular flexibility index (Phi) is 7.11. The van der Waals surface area contributed by atoms with Crippen molar-refractivity contribution in [2.45, 2.75) is 39.5 Å². The molecule has 5 heteroatoms. The second-order valence-electron chi connectivity index (χ2n) is 9.61. The van der Waals surface area contributed by atoms with Crippen molar-refractivity contribution in [1.29, 1.82) is 0 Å². The zero-order valence-corrected chi connectivity index (χ0v) is 20.5. The fourth-order valence-electron chi connectivity index (χ4n) is 4.71. The first-order valence-corrected chi connectivity index (χ1v) is 12.1. The van der Waals surface area contributed by atoms with E-state index in [1.165, 1.54) is 5.70 Å². The maximum atomic E-state index is 6.40. The molecule has 33 heavy (non-hydrogen) atoms. The van der Waals surface area contributed by atoms with E-state index in [4.69, 9.17) is 14.7 Å². The van der Waals surface area contributed by atoms with E-state index < -0.39 is 0 Å². The molecule has 1 aromatic carbocycles. The number of unbranched alkanes of at least 4 members (excludes halogenated alkanes) is 1. The van der Waals surface area contributed by atoms with Crippen LogP contribution in [-0.2, 0) is 0 Å². The van der Waals surface area contributed by atoms with E-state index in [9.17, 15) is 0 Å². The van der Waals surface area contributed by atoms with Crippen molar-refractivity contribution in [3.8, 4) is 5.75 Å². The molecule has 2 aliphatic heterocycles. The summed E-state index contributed by atoms with van der Waals surface area (Å²) in [7, 11) is 4.03. The molecule has 1 fully saturated rings. The molecule has 5 nitrogen and oxygen atoms in total. The lowest BCUT2D eigenvalue weighted by Crippen LogP contribution is -2.44. The summed E-state index contributed by atoms with van der Waals surface area (Å²) in [6, 6.07) is 10.4. The summed E-state index contributed by atoms with van der Waals surface area (Å²) in [4.78, 5) is 9.83. The number of hydrogen-bond donors (Lipinski definition) is 1. The van der Waals surface area contributed by atoms with Crippen molar-refractivity contribution >= 4 is 16.7 Å².